The van der Waals surface area contributed by atoms with Gasteiger partial charge < -0.3 is 19.7 Å². The maximum atomic E-state index is 12.3. The fourth-order valence-corrected chi connectivity index (χ4v) is 3.95. The van der Waals surface area contributed by atoms with Gasteiger partial charge in [0.2, 0.25) is 0 Å². The Bertz CT molecular complexity index is 467. The quantitative estimate of drug-likeness (QED) is 0.138. The molecule has 0 bridgehead atoms. The number of ether oxygens (including phenoxy) is 2. The lowest BCUT2D eigenvalue weighted by Crippen LogP contribution is -2.32. The molecule has 1 atom stereocenters. The van der Waals surface area contributed by atoms with Crippen molar-refractivity contribution in [2.24, 2.45) is 0 Å². The van der Waals surface area contributed by atoms with Crippen molar-refractivity contribution in [3.8, 4) is 0 Å². The summed E-state index contributed by atoms with van der Waals surface area (Å²) >= 11 is 0. The number of nitrogens with zero attached hydrogens (tertiary/aromatic N) is 1. The van der Waals surface area contributed by atoms with Gasteiger partial charge in [0.25, 0.3) is 0 Å². The molecule has 0 heterocycles. The van der Waals surface area contributed by atoms with E-state index in [1.165, 1.54) is 51.4 Å². The van der Waals surface area contributed by atoms with Gasteiger partial charge in [-0.05, 0) is 59.2 Å². The van der Waals surface area contributed by atoms with Crippen molar-refractivity contribution in [2.75, 3.05) is 26.2 Å². The molecule has 0 aliphatic heterocycles. The minimum atomic E-state index is -0.371. The number of amides is 1. The summed E-state index contributed by atoms with van der Waals surface area (Å²) < 4.78 is 10.9. The van der Waals surface area contributed by atoms with Crippen molar-refractivity contribution in [1.82, 2.24) is 10.2 Å². The number of rotatable bonds is 22. The highest BCUT2D eigenvalue weighted by Crippen LogP contribution is 2.16. The van der Waals surface area contributed by atoms with Crippen LogP contribution in [0.15, 0.2) is 0 Å². The van der Waals surface area contributed by atoms with Crippen LogP contribution in [-0.4, -0.2) is 55.3 Å². The monoisotopic (exact) mass is 470 g/mol. The van der Waals surface area contributed by atoms with Gasteiger partial charge in [0.15, 0.2) is 0 Å². The van der Waals surface area contributed by atoms with Crippen LogP contribution in [-0.2, 0) is 14.3 Å². The summed E-state index contributed by atoms with van der Waals surface area (Å²) in [6.45, 7) is 13.9. The van der Waals surface area contributed by atoms with Crippen molar-refractivity contribution >= 4 is 12.1 Å². The molecule has 6 nitrogen and oxygen atoms in total. The highest BCUT2D eigenvalue weighted by Gasteiger charge is 2.17. The molecular formula is C27H54N2O4. The summed E-state index contributed by atoms with van der Waals surface area (Å²) in [6, 6.07) is 0. The molecule has 0 radical (unpaired) electrons. The van der Waals surface area contributed by atoms with Gasteiger partial charge in [-0.1, -0.05) is 78.6 Å². The van der Waals surface area contributed by atoms with E-state index < -0.39 is 0 Å². The summed E-state index contributed by atoms with van der Waals surface area (Å²) in [5.74, 6) is -0.221. The number of unbranched alkanes of at least 4 members (excludes halogenated alkanes) is 9. The summed E-state index contributed by atoms with van der Waals surface area (Å²) in [5.41, 5.74) is 0. The highest BCUT2D eigenvalue weighted by atomic mass is 16.6. The fraction of sp³-hybridized carbons (Fsp3) is 0.926. The van der Waals surface area contributed by atoms with Gasteiger partial charge >= 0.3 is 12.1 Å². The van der Waals surface area contributed by atoms with Gasteiger partial charge in [0.05, 0.1) is 6.10 Å². The molecule has 0 saturated heterocycles. The molecule has 1 amide bonds. The van der Waals surface area contributed by atoms with Gasteiger partial charge in [-0.2, -0.15) is 0 Å². The molecule has 0 aromatic rings. The summed E-state index contributed by atoms with van der Waals surface area (Å²) in [7, 11) is 0. The van der Waals surface area contributed by atoms with Crippen molar-refractivity contribution in [3.63, 3.8) is 0 Å². The van der Waals surface area contributed by atoms with E-state index in [1.54, 1.807) is 0 Å². The lowest BCUT2D eigenvalue weighted by Gasteiger charge is -2.20. The van der Waals surface area contributed by atoms with E-state index in [-0.39, 0.29) is 30.7 Å². The Hall–Kier alpha value is -1.30. The molecular weight excluding hydrogens is 416 g/mol. The smallest absolute Gasteiger partial charge is 0.407 e. The normalized spacial score (nSPS) is 12.2. The molecule has 0 aliphatic carbocycles. The third kappa shape index (κ3) is 21.0. The van der Waals surface area contributed by atoms with Gasteiger partial charge in [-0.3, -0.25) is 4.79 Å². The topological polar surface area (TPSA) is 67.9 Å². The van der Waals surface area contributed by atoms with Crippen LogP contribution in [0.5, 0.6) is 0 Å². The predicted octanol–water partition coefficient (Wildman–Crippen LogP) is 6.86. The molecule has 0 aromatic heterocycles. The van der Waals surface area contributed by atoms with E-state index in [4.69, 9.17) is 9.47 Å². The first-order valence-electron chi connectivity index (χ1n) is 13.8. The Morgan fingerprint density at radius 3 is 1.88 bits per heavy atom. The van der Waals surface area contributed by atoms with Crippen LogP contribution >= 0.6 is 0 Å². The number of alkyl carbamates (subject to hydrolysis) is 1. The Labute approximate surface area is 204 Å². The first kappa shape index (κ1) is 31.7. The van der Waals surface area contributed by atoms with E-state index in [0.717, 1.165) is 45.3 Å². The molecule has 0 rings (SSSR count). The molecule has 33 heavy (non-hydrogen) atoms. The van der Waals surface area contributed by atoms with E-state index in [9.17, 15) is 9.59 Å². The van der Waals surface area contributed by atoms with Crippen LogP contribution in [0.2, 0.25) is 0 Å². The molecule has 0 spiro atoms. The highest BCUT2D eigenvalue weighted by molar-refractivity contribution is 5.70. The first-order chi connectivity index (χ1) is 15.9. The molecule has 0 aliphatic rings. The van der Waals surface area contributed by atoms with Crippen molar-refractivity contribution in [2.45, 2.75) is 137 Å². The minimum Gasteiger partial charge on any atom is -0.463 e. The number of hydrogen-bond donors (Lipinski definition) is 1. The maximum Gasteiger partial charge on any atom is 0.407 e. The zero-order chi connectivity index (χ0) is 24.7. The fourth-order valence-electron chi connectivity index (χ4n) is 3.95. The predicted molar refractivity (Wildman–Crippen MR) is 138 cm³/mol. The van der Waals surface area contributed by atoms with Crippen LogP contribution in [0.1, 0.15) is 125 Å². The maximum absolute atomic E-state index is 12.3. The average Bonchev–Trinajstić information content (AvgIpc) is 2.78. The van der Waals surface area contributed by atoms with Crippen molar-refractivity contribution in [1.29, 1.82) is 0 Å². The second kappa shape index (κ2) is 22.5. The van der Waals surface area contributed by atoms with Crippen LogP contribution in [0.3, 0.4) is 0 Å². The van der Waals surface area contributed by atoms with Gasteiger partial charge in [-0.25, -0.2) is 4.79 Å². The summed E-state index contributed by atoms with van der Waals surface area (Å²) in [5, 5.41) is 2.87. The van der Waals surface area contributed by atoms with E-state index in [0.29, 0.717) is 13.0 Å². The molecule has 0 fully saturated rings. The second-order valence-corrected chi connectivity index (χ2v) is 9.38. The largest absolute Gasteiger partial charge is 0.463 e. The first-order valence-corrected chi connectivity index (χ1v) is 13.8. The third-order valence-corrected chi connectivity index (χ3v) is 6.01. The standard InChI is InChI=1S/C27H54N2O4/c1-6-9-10-11-12-13-14-15-16-17-19-25(20-21-26(30)32-24(4)5)33-27(31)28-22-18-23-29(7-2)8-3/h24-25H,6-23H2,1-5H3,(H,28,31). The Balaban J connectivity index is 4.21. The zero-order valence-electron chi connectivity index (χ0n) is 22.5. The Morgan fingerprint density at radius 2 is 1.33 bits per heavy atom. The van der Waals surface area contributed by atoms with Crippen LogP contribution in [0.25, 0.3) is 0 Å². The van der Waals surface area contributed by atoms with Crippen LogP contribution in [0.4, 0.5) is 4.79 Å². The molecule has 6 heteroatoms. The lowest BCUT2D eigenvalue weighted by atomic mass is 10.0. The minimum absolute atomic E-state index is 0.118. The molecule has 0 saturated carbocycles. The van der Waals surface area contributed by atoms with E-state index in [1.807, 2.05) is 13.8 Å². The van der Waals surface area contributed by atoms with Gasteiger partial charge in [0, 0.05) is 13.0 Å². The number of carbonyl (C=O) groups excluding carboxylic acids is 2. The molecule has 1 N–H and O–H groups in total. The number of hydrogen-bond acceptors (Lipinski definition) is 5. The molecule has 0 aromatic carbocycles. The number of esters is 1. The van der Waals surface area contributed by atoms with Crippen molar-refractivity contribution < 1.29 is 19.1 Å². The number of nitrogens with one attached hydrogen (secondary N) is 1. The second-order valence-electron chi connectivity index (χ2n) is 9.38. The SMILES string of the molecule is CCCCCCCCCCCCC(CCC(=O)OC(C)C)OC(=O)NCCCN(CC)CC. The third-order valence-electron chi connectivity index (χ3n) is 6.01. The van der Waals surface area contributed by atoms with E-state index >= 15 is 0 Å². The van der Waals surface area contributed by atoms with Crippen molar-refractivity contribution in [3.05, 3.63) is 0 Å². The van der Waals surface area contributed by atoms with Gasteiger partial charge in [0.1, 0.15) is 6.10 Å². The van der Waals surface area contributed by atoms with Crippen LogP contribution in [0, 0.1) is 0 Å². The average molecular weight is 471 g/mol. The lowest BCUT2D eigenvalue weighted by molar-refractivity contribution is -0.148. The van der Waals surface area contributed by atoms with Crippen LogP contribution < -0.4 is 5.32 Å². The van der Waals surface area contributed by atoms with Gasteiger partial charge in [-0.15, -0.1) is 0 Å². The summed E-state index contributed by atoms with van der Waals surface area (Å²) in [4.78, 5) is 26.5. The molecule has 196 valence electrons. The Morgan fingerprint density at radius 1 is 0.758 bits per heavy atom. The van der Waals surface area contributed by atoms with E-state index in [2.05, 4.69) is 31.0 Å². The number of carbonyl (C=O) groups is 2. The Kier molecular flexibility index (Phi) is 21.6. The zero-order valence-corrected chi connectivity index (χ0v) is 22.5. The summed E-state index contributed by atoms with van der Waals surface area (Å²) in [6.07, 6.45) is 14.5. The molecule has 1 unspecified atom stereocenters.